The van der Waals surface area contributed by atoms with Gasteiger partial charge in [-0.3, -0.25) is 10.1 Å². The molecule has 0 saturated carbocycles. The van der Waals surface area contributed by atoms with Gasteiger partial charge in [-0.05, 0) is 15.4 Å². The molecule has 0 radical (unpaired) electrons. The lowest BCUT2D eigenvalue weighted by atomic mass is 10.2. The molecule has 3 aromatic carbocycles. The Kier molecular flexibility index (Phi) is 9.48. The number of benzene rings is 3. The van der Waals surface area contributed by atoms with E-state index in [0.29, 0.717) is 6.61 Å². The maximum Gasteiger partial charge on any atom is 0.319 e. The molecule has 0 fully saturated rings. The number of methoxy groups -OCH3 is 1. The van der Waals surface area contributed by atoms with Crippen molar-refractivity contribution in [3.63, 3.8) is 0 Å². The van der Waals surface area contributed by atoms with Crippen molar-refractivity contribution < 1.29 is 14.0 Å². The highest BCUT2D eigenvalue weighted by molar-refractivity contribution is 6.99. The van der Waals surface area contributed by atoms with Gasteiger partial charge in [0.05, 0.1) is 20.3 Å². The third-order valence-corrected chi connectivity index (χ3v) is 16.1. The molecule has 0 spiro atoms. The molecule has 0 amide bonds. The number of carbonyl (C=O) groups is 1. The van der Waals surface area contributed by atoms with Gasteiger partial charge in [-0.1, -0.05) is 135 Å². The van der Waals surface area contributed by atoms with Crippen LogP contribution in [0.4, 0.5) is 0 Å². The Morgan fingerprint density at radius 3 is 1.68 bits per heavy atom. The average Bonchev–Trinajstić information content (AvgIpc) is 2.91. The summed E-state index contributed by atoms with van der Waals surface area (Å²) in [5.41, 5.74) is 0. The molecular weight excluding hydrogens is 491 g/mol. The predicted octanol–water partition coefficient (Wildman–Crippen LogP) is 4.41. The van der Waals surface area contributed by atoms with Crippen LogP contribution in [-0.4, -0.2) is 48.7 Å². The molecule has 0 aliphatic carbocycles. The zero-order chi connectivity index (χ0) is 27.1. The third-order valence-electron chi connectivity index (χ3n) is 7.32. The van der Waals surface area contributed by atoms with E-state index in [0.717, 1.165) is 5.20 Å². The normalized spacial score (nSPS) is 13.1. The van der Waals surface area contributed by atoms with E-state index in [1.807, 2.05) is 18.2 Å². The number of ether oxygens (including phenoxy) is 1. The van der Waals surface area contributed by atoms with Gasteiger partial charge in [0, 0.05) is 6.04 Å². The summed E-state index contributed by atoms with van der Waals surface area (Å²) in [5.74, 6) is -0.303. The Balaban J connectivity index is 2.05. The van der Waals surface area contributed by atoms with Gasteiger partial charge < -0.3 is 9.16 Å². The van der Waals surface area contributed by atoms with Crippen LogP contribution in [0.15, 0.2) is 103 Å². The van der Waals surface area contributed by atoms with Crippen LogP contribution < -0.4 is 20.9 Å². The molecule has 0 aliphatic rings. The standard InChI is InChI=1S/C31H41NO3Si2/c1-25(36(6,7)26-17-11-8-12-18-26)29(32-23-30(33)34-5)24-35-37(31(2,3)4,27-19-13-9-14-20-27)28-21-15-10-16-22-28/h8-22,29,32H,1,23-24H2,2-7H3/t29-/m0/s1. The highest BCUT2D eigenvalue weighted by atomic mass is 28.4. The van der Waals surface area contributed by atoms with Crippen molar-refractivity contribution >= 4 is 37.9 Å². The quantitative estimate of drug-likeness (QED) is 0.294. The van der Waals surface area contributed by atoms with Crippen LogP contribution in [-0.2, 0) is 14.0 Å². The van der Waals surface area contributed by atoms with Crippen molar-refractivity contribution in [1.82, 2.24) is 5.32 Å². The maximum absolute atomic E-state index is 12.1. The predicted molar refractivity (Wildman–Crippen MR) is 160 cm³/mol. The molecule has 0 aliphatic heterocycles. The van der Waals surface area contributed by atoms with Crippen molar-refractivity contribution in [3.05, 3.63) is 103 Å². The lowest BCUT2D eigenvalue weighted by Crippen LogP contribution is -2.67. The van der Waals surface area contributed by atoms with Gasteiger partial charge in [0.2, 0.25) is 0 Å². The van der Waals surface area contributed by atoms with Crippen molar-refractivity contribution in [2.45, 2.75) is 44.9 Å². The first kappa shape index (κ1) is 28.8. The van der Waals surface area contributed by atoms with Gasteiger partial charge in [0.25, 0.3) is 8.32 Å². The first-order chi connectivity index (χ1) is 17.5. The fourth-order valence-corrected chi connectivity index (χ4v) is 12.0. The first-order valence-electron chi connectivity index (χ1n) is 12.8. The fourth-order valence-electron chi connectivity index (χ4n) is 5.01. The number of carbonyl (C=O) groups excluding carboxylic acids is 1. The lowest BCUT2D eigenvalue weighted by molar-refractivity contribution is -0.139. The monoisotopic (exact) mass is 531 g/mol. The van der Waals surface area contributed by atoms with Gasteiger partial charge in [-0.2, -0.15) is 0 Å². The largest absolute Gasteiger partial charge is 0.468 e. The molecule has 0 bridgehead atoms. The van der Waals surface area contributed by atoms with Crippen LogP contribution in [0, 0.1) is 0 Å². The first-order valence-corrected chi connectivity index (χ1v) is 17.7. The van der Waals surface area contributed by atoms with E-state index in [2.05, 4.69) is 119 Å². The van der Waals surface area contributed by atoms with Crippen LogP contribution in [0.2, 0.25) is 18.1 Å². The van der Waals surface area contributed by atoms with E-state index in [9.17, 15) is 4.79 Å². The number of hydrogen-bond acceptors (Lipinski definition) is 4. The molecule has 6 heteroatoms. The Labute approximate surface area is 224 Å². The molecule has 0 unspecified atom stereocenters. The zero-order valence-electron chi connectivity index (χ0n) is 23.1. The Morgan fingerprint density at radius 1 is 0.838 bits per heavy atom. The molecular formula is C31H41NO3Si2. The molecule has 0 heterocycles. The van der Waals surface area contributed by atoms with E-state index >= 15 is 0 Å². The highest BCUT2D eigenvalue weighted by Crippen LogP contribution is 2.37. The van der Waals surface area contributed by atoms with Crippen LogP contribution in [0.25, 0.3) is 0 Å². The molecule has 0 saturated heterocycles. The van der Waals surface area contributed by atoms with Crippen LogP contribution >= 0.6 is 0 Å². The Hall–Kier alpha value is -2.78. The summed E-state index contributed by atoms with van der Waals surface area (Å²) >= 11 is 0. The van der Waals surface area contributed by atoms with E-state index in [-0.39, 0.29) is 23.6 Å². The van der Waals surface area contributed by atoms with Gasteiger partial charge in [-0.25, -0.2) is 0 Å². The summed E-state index contributed by atoms with van der Waals surface area (Å²) in [6.07, 6.45) is 0. The summed E-state index contributed by atoms with van der Waals surface area (Å²) in [4.78, 5) is 12.1. The summed E-state index contributed by atoms with van der Waals surface area (Å²) in [6.45, 7) is 16.5. The van der Waals surface area contributed by atoms with E-state index in [1.165, 1.54) is 22.7 Å². The Bertz CT molecular complexity index is 1120. The summed E-state index contributed by atoms with van der Waals surface area (Å²) in [7, 11) is -3.43. The minimum atomic E-state index is -2.74. The second-order valence-corrected chi connectivity index (χ2v) is 19.8. The van der Waals surface area contributed by atoms with Crippen molar-refractivity contribution in [2.75, 3.05) is 20.3 Å². The Morgan fingerprint density at radius 2 is 1.27 bits per heavy atom. The van der Waals surface area contributed by atoms with Crippen LogP contribution in [0.1, 0.15) is 20.8 Å². The molecule has 196 valence electrons. The average molecular weight is 532 g/mol. The molecule has 1 atom stereocenters. The highest BCUT2D eigenvalue weighted by Gasteiger charge is 2.50. The molecule has 3 rings (SSSR count). The minimum Gasteiger partial charge on any atom is -0.468 e. The minimum absolute atomic E-state index is 0.101. The van der Waals surface area contributed by atoms with E-state index in [1.54, 1.807) is 0 Å². The van der Waals surface area contributed by atoms with Gasteiger partial charge >= 0.3 is 5.97 Å². The third kappa shape index (κ3) is 6.39. The number of rotatable bonds is 11. The second kappa shape index (κ2) is 12.2. The SMILES string of the molecule is C=C([C@H](CO[Si](c1ccccc1)(c1ccccc1)C(C)(C)C)NCC(=O)OC)[Si](C)(C)c1ccccc1. The lowest BCUT2D eigenvalue weighted by Gasteiger charge is -2.44. The number of hydrogen-bond donors (Lipinski definition) is 1. The summed E-state index contributed by atoms with van der Waals surface area (Å²) in [5, 5.41) is 8.14. The van der Waals surface area contributed by atoms with Crippen molar-refractivity contribution in [3.8, 4) is 0 Å². The summed E-state index contributed by atoms with van der Waals surface area (Å²) in [6, 6.07) is 31.6. The molecule has 4 nitrogen and oxygen atoms in total. The fraction of sp³-hybridized carbons (Fsp3) is 0.323. The van der Waals surface area contributed by atoms with Crippen molar-refractivity contribution in [2.24, 2.45) is 0 Å². The van der Waals surface area contributed by atoms with Gasteiger partial charge in [-0.15, -0.1) is 6.58 Å². The maximum atomic E-state index is 12.1. The zero-order valence-corrected chi connectivity index (χ0v) is 25.1. The molecule has 0 aromatic heterocycles. The number of esters is 1. The molecule has 1 N–H and O–H groups in total. The van der Waals surface area contributed by atoms with Crippen LogP contribution in [0.3, 0.4) is 0 Å². The van der Waals surface area contributed by atoms with Crippen molar-refractivity contribution in [1.29, 1.82) is 0 Å². The smallest absolute Gasteiger partial charge is 0.319 e. The van der Waals surface area contributed by atoms with E-state index < -0.39 is 16.4 Å². The number of nitrogens with one attached hydrogen (secondary N) is 1. The van der Waals surface area contributed by atoms with Gasteiger partial charge in [0.15, 0.2) is 0 Å². The topological polar surface area (TPSA) is 47.6 Å². The second-order valence-electron chi connectivity index (χ2n) is 11.0. The van der Waals surface area contributed by atoms with Crippen LogP contribution in [0.5, 0.6) is 0 Å². The van der Waals surface area contributed by atoms with E-state index in [4.69, 9.17) is 9.16 Å². The summed E-state index contributed by atoms with van der Waals surface area (Å²) < 4.78 is 12.2. The molecule has 3 aromatic rings. The van der Waals surface area contributed by atoms with Gasteiger partial charge in [0.1, 0.15) is 8.07 Å². The molecule has 37 heavy (non-hydrogen) atoms.